The van der Waals surface area contributed by atoms with E-state index in [9.17, 15) is 0 Å². The fourth-order valence-electron chi connectivity index (χ4n) is 2.70. The topological polar surface area (TPSA) is 47.0 Å². The van der Waals surface area contributed by atoms with Gasteiger partial charge in [-0.25, -0.2) is 9.97 Å². The van der Waals surface area contributed by atoms with Crippen LogP contribution in [0, 0.1) is 5.92 Å². The molecule has 2 unspecified atom stereocenters. The second-order valence-electron chi connectivity index (χ2n) is 5.28. The van der Waals surface area contributed by atoms with E-state index in [1.807, 2.05) is 6.07 Å². The molecule has 0 spiro atoms. The van der Waals surface area contributed by atoms with Crippen molar-refractivity contribution in [2.24, 2.45) is 5.92 Å². The highest BCUT2D eigenvalue weighted by atomic mass is 16.5. The Morgan fingerprint density at radius 1 is 1.26 bits per heavy atom. The van der Waals surface area contributed by atoms with E-state index < -0.39 is 0 Å². The van der Waals surface area contributed by atoms with Gasteiger partial charge >= 0.3 is 0 Å². The van der Waals surface area contributed by atoms with Crippen LogP contribution in [0.25, 0.3) is 0 Å². The highest BCUT2D eigenvalue weighted by Crippen LogP contribution is 2.30. The van der Waals surface area contributed by atoms with Crippen LogP contribution in [0.4, 0.5) is 5.82 Å². The summed E-state index contributed by atoms with van der Waals surface area (Å²) in [6.45, 7) is 5.32. The largest absolute Gasteiger partial charge is 0.474 e. The molecule has 106 valence electrons. The first-order valence-electron chi connectivity index (χ1n) is 7.56. The van der Waals surface area contributed by atoms with Crippen molar-refractivity contribution >= 4 is 5.82 Å². The number of anilines is 1. The van der Waals surface area contributed by atoms with Gasteiger partial charge in [0, 0.05) is 12.6 Å². The zero-order valence-electron chi connectivity index (χ0n) is 12.1. The third-order valence-electron chi connectivity index (χ3n) is 3.83. The third kappa shape index (κ3) is 4.08. The van der Waals surface area contributed by atoms with E-state index in [0.29, 0.717) is 17.9 Å². The first-order chi connectivity index (χ1) is 9.33. The van der Waals surface area contributed by atoms with Gasteiger partial charge in [-0.2, -0.15) is 0 Å². The summed E-state index contributed by atoms with van der Waals surface area (Å²) in [6, 6.07) is 1.91. The van der Waals surface area contributed by atoms with Crippen molar-refractivity contribution < 1.29 is 4.74 Å². The third-order valence-corrected chi connectivity index (χ3v) is 3.83. The molecular weight excluding hydrogens is 238 g/mol. The quantitative estimate of drug-likeness (QED) is 0.851. The van der Waals surface area contributed by atoms with Crippen LogP contribution in [0.5, 0.6) is 5.88 Å². The van der Waals surface area contributed by atoms with E-state index in [1.165, 1.54) is 25.7 Å². The number of aromatic nitrogens is 2. The molecule has 1 aliphatic carbocycles. The van der Waals surface area contributed by atoms with Crippen molar-refractivity contribution in [1.82, 2.24) is 9.97 Å². The molecule has 4 heteroatoms. The molecule has 1 N–H and O–H groups in total. The van der Waals surface area contributed by atoms with Gasteiger partial charge in [0.1, 0.15) is 18.2 Å². The average Bonchev–Trinajstić information content (AvgIpc) is 2.46. The molecule has 2 atom stereocenters. The number of nitrogens with one attached hydrogen (secondary N) is 1. The molecule has 0 radical (unpaired) electrons. The zero-order chi connectivity index (χ0) is 13.5. The summed E-state index contributed by atoms with van der Waals surface area (Å²) in [5.41, 5.74) is 0. The molecule has 1 aromatic rings. The van der Waals surface area contributed by atoms with E-state index in [2.05, 4.69) is 29.1 Å². The van der Waals surface area contributed by atoms with Gasteiger partial charge < -0.3 is 10.1 Å². The van der Waals surface area contributed by atoms with Gasteiger partial charge in [0.05, 0.1) is 0 Å². The summed E-state index contributed by atoms with van der Waals surface area (Å²) in [5, 5.41) is 3.27. The lowest BCUT2D eigenvalue weighted by Gasteiger charge is -2.30. The number of ether oxygens (including phenoxy) is 1. The van der Waals surface area contributed by atoms with Gasteiger partial charge in [0.2, 0.25) is 5.88 Å². The Balaban J connectivity index is 1.97. The Bertz CT molecular complexity index is 383. The molecule has 0 bridgehead atoms. The van der Waals surface area contributed by atoms with Crippen molar-refractivity contribution in [1.29, 1.82) is 0 Å². The standard InChI is InChI=1S/C15H25N3O/c1-3-9-16-14-10-15(18-11-17-14)19-13-8-6-5-7-12(13)4-2/h10-13H,3-9H2,1-2H3,(H,16,17,18). The molecule has 1 aliphatic rings. The Labute approximate surface area is 116 Å². The van der Waals surface area contributed by atoms with E-state index in [0.717, 1.165) is 25.2 Å². The van der Waals surface area contributed by atoms with Gasteiger partial charge in [-0.15, -0.1) is 0 Å². The van der Waals surface area contributed by atoms with Crippen LogP contribution in [0.1, 0.15) is 52.4 Å². The van der Waals surface area contributed by atoms with Gasteiger partial charge in [-0.05, 0) is 38.0 Å². The molecule has 19 heavy (non-hydrogen) atoms. The Hall–Kier alpha value is -1.32. The number of nitrogens with zero attached hydrogens (tertiary/aromatic N) is 2. The smallest absolute Gasteiger partial charge is 0.218 e. The summed E-state index contributed by atoms with van der Waals surface area (Å²) in [6.07, 6.45) is 9.23. The minimum absolute atomic E-state index is 0.327. The van der Waals surface area contributed by atoms with Crippen LogP contribution in [0.2, 0.25) is 0 Å². The Kier molecular flexibility index (Phi) is 5.43. The highest BCUT2D eigenvalue weighted by molar-refractivity contribution is 5.36. The van der Waals surface area contributed by atoms with Gasteiger partial charge in [0.15, 0.2) is 0 Å². The Morgan fingerprint density at radius 2 is 2.11 bits per heavy atom. The highest BCUT2D eigenvalue weighted by Gasteiger charge is 2.25. The average molecular weight is 263 g/mol. The summed E-state index contributed by atoms with van der Waals surface area (Å²) < 4.78 is 6.09. The van der Waals surface area contributed by atoms with Crippen molar-refractivity contribution in [3.63, 3.8) is 0 Å². The lowest BCUT2D eigenvalue weighted by Crippen LogP contribution is -2.30. The minimum Gasteiger partial charge on any atom is -0.474 e. The monoisotopic (exact) mass is 263 g/mol. The summed E-state index contributed by atoms with van der Waals surface area (Å²) in [5.74, 6) is 2.24. The molecule has 0 aromatic carbocycles. The van der Waals surface area contributed by atoms with E-state index >= 15 is 0 Å². The number of hydrogen-bond acceptors (Lipinski definition) is 4. The van der Waals surface area contributed by atoms with Crippen LogP contribution >= 0.6 is 0 Å². The summed E-state index contributed by atoms with van der Waals surface area (Å²) in [4.78, 5) is 8.44. The second kappa shape index (κ2) is 7.31. The molecule has 4 nitrogen and oxygen atoms in total. The molecule has 0 amide bonds. The molecule has 1 heterocycles. The van der Waals surface area contributed by atoms with Crippen LogP contribution in [0.15, 0.2) is 12.4 Å². The normalized spacial score (nSPS) is 23.1. The lowest BCUT2D eigenvalue weighted by atomic mass is 9.85. The second-order valence-corrected chi connectivity index (χ2v) is 5.28. The fourth-order valence-corrected chi connectivity index (χ4v) is 2.70. The van der Waals surface area contributed by atoms with Crippen LogP contribution in [-0.2, 0) is 0 Å². The van der Waals surface area contributed by atoms with Crippen molar-refractivity contribution in [3.05, 3.63) is 12.4 Å². The van der Waals surface area contributed by atoms with Crippen LogP contribution in [0.3, 0.4) is 0 Å². The molecule has 2 rings (SSSR count). The molecular formula is C15H25N3O. The predicted molar refractivity (Wildman–Crippen MR) is 77.5 cm³/mol. The van der Waals surface area contributed by atoms with Crippen molar-refractivity contribution in [3.8, 4) is 5.88 Å². The van der Waals surface area contributed by atoms with Crippen molar-refractivity contribution in [2.45, 2.75) is 58.5 Å². The molecule has 1 aromatic heterocycles. The maximum Gasteiger partial charge on any atom is 0.218 e. The zero-order valence-corrected chi connectivity index (χ0v) is 12.1. The Morgan fingerprint density at radius 3 is 2.89 bits per heavy atom. The number of hydrogen-bond donors (Lipinski definition) is 1. The van der Waals surface area contributed by atoms with E-state index in [-0.39, 0.29) is 0 Å². The van der Waals surface area contributed by atoms with Crippen LogP contribution < -0.4 is 10.1 Å². The SMILES string of the molecule is CCCNc1cc(OC2CCCCC2CC)ncn1. The summed E-state index contributed by atoms with van der Waals surface area (Å²) >= 11 is 0. The van der Waals surface area contributed by atoms with Gasteiger partial charge in [-0.1, -0.05) is 20.3 Å². The molecule has 0 saturated heterocycles. The van der Waals surface area contributed by atoms with E-state index in [4.69, 9.17) is 4.74 Å². The fraction of sp³-hybridized carbons (Fsp3) is 0.733. The van der Waals surface area contributed by atoms with E-state index in [1.54, 1.807) is 6.33 Å². The molecule has 1 fully saturated rings. The first-order valence-corrected chi connectivity index (χ1v) is 7.56. The summed E-state index contributed by atoms with van der Waals surface area (Å²) in [7, 11) is 0. The van der Waals surface area contributed by atoms with Gasteiger partial charge in [0.25, 0.3) is 0 Å². The maximum absolute atomic E-state index is 6.09. The van der Waals surface area contributed by atoms with Crippen molar-refractivity contribution in [2.75, 3.05) is 11.9 Å². The number of rotatable bonds is 6. The molecule has 0 aliphatic heterocycles. The molecule has 1 saturated carbocycles. The first kappa shape index (κ1) is 14.1. The lowest BCUT2D eigenvalue weighted by molar-refractivity contribution is 0.0858. The minimum atomic E-state index is 0.327. The van der Waals surface area contributed by atoms with Gasteiger partial charge in [-0.3, -0.25) is 0 Å². The van der Waals surface area contributed by atoms with Crippen LogP contribution in [-0.4, -0.2) is 22.6 Å². The maximum atomic E-state index is 6.09. The predicted octanol–water partition coefficient (Wildman–Crippen LogP) is 3.65.